The van der Waals surface area contributed by atoms with Crippen LogP contribution in [0.5, 0.6) is 11.5 Å². The van der Waals surface area contributed by atoms with Gasteiger partial charge in [-0.25, -0.2) is 0 Å². The smallest absolute Gasteiger partial charge is 0.183 e. The lowest BCUT2D eigenvalue weighted by Gasteiger charge is -2.47. The van der Waals surface area contributed by atoms with Gasteiger partial charge in [-0.3, -0.25) is 9.88 Å². The fourth-order valence-corrected chi connectivity index (χ4v) is 2.79. The Balaban J connectivity index is 2.01. The van der Waals surface area contributed by atoms with Gasteiger partial charge in [0, 0.05) is 37.4 Å². The van der Waals surface area contributed by atoms with Gasteiger partial charge >= 0.3 is 0 Å². The van der Waals surface area contributed by atoms with Crippen molar-refractivity contribution in [1.82, 2.24) is 9.88 Å². The van der Waals surface area contributed by atoms with E-state index in [4.69, 9.17) is 15.2 Å². The maximum absolute atomic E-state index is 6.27. The van der Waals surface area contributed by atoms with Gasteiger partial charge in [0.25, 0.3) is 0 Å². The van der Waals surface area contributed by atoms with Crippen molar-refractivity contribution in [3.63, 3.8) is 0 Å². The van der Waals surface area contributed by atoms with Crippen molar-refractivity contribution >= 4 is 0 Å². The van der Waals surface area contributed by atoms with E-state index in [1.165, 1.54) is 0 Å². The third kappa shape index (κ3) is 2.98. The summed E-state index contributed by atoms with van der Waals surface area (Å²) in [4.78, 5) is 6.68. The molecule has 2 heterocycles. The molecule has 0 aromatic carbocycles. The maximum Gasteiger partial charge on any atom is 0.183 e. The minimum absolute atomic E-state index is 0.0130. The van der Waals surface area contributed by atoms with Crippen LogP contribution in [-0.4, -0.2) is 42.7 Å². The van der Waals surface area contributed by atoms with Gasteiger partial charge in [0.2, 0.25) is 0 Å². The van der Waals surface area contributed by atoms with E-state index < -0.39 is 0 Å². The molecule has 5 heteroatoms. The molecule has 0 amide bonds. The van der Waals surface area contributed by atoms with E-state index in [0.29, 0.717) is 0 Å². The number of ether oxygens (including phenoxy) is 2. The Hall–Kier alpha value is -1.33. The van der Waals surface area contributed by atoms with Gasteiger partial charge < -0.3 is 15.2 Å². The van der Waals surface area contributed by atoms with Crippen molar-refractivity contribution in [3.8, 4) is 11.5 Å². The van der Waals surface area contributed by atoms with Crippen molar-refractivity contribution in [1.29, 1.82) is 0 Å². The lowest BCUT2D eigenvalue weighted by Crippen LogP contribution is -2.66. The first-order chi connectivity index (χ1) is 9.11. The monoisotopic (exact) mass is 265 g/mol. The zero-order valence-electron chi connectivity index (χ0n) is 12.0. The van der Waals surface area contributed by atoms with Gasteiger partial charge in [0.1, 0.15) is 5.69 Å². The van der Waals surface area contributed by atoms with Crippen LogP contribution in [0.1, 0.15) is 25.5 Å². The molecule has 0 aliphatic carbocycles. The fraction of sp³-hybridized carbons (Fsp3) is 0.643. The highest BCUT2D eigenvalue weighted by Gasteiger charge is 2.38. The Morgan fingerprint density at radius 2 is 2.11 bits per heavy atom. The highest BCUT2D eigenvalue weighted by atomic mass is 16.5. The molecule has 2 rings (SSSR count). The van der Waals surface area contributed by atoms with Crippen molar-refractivity contribution in [2.45, 2.75) is 31.8 Å². The molecule has 106 valence electrons. The van der Waals surface area contributed by atoms with E-state index in [9.17, 15) is 0 Å². The van der Waals surface area contributed by atoms with Crippen LogP contribution in [0.25, 0.3) is 0 Å². The molecule has 1 fully saturated rings. The van der Waals surface area contributed by atoms with Crippen LogP contribution < -0.4 is 15.2 Å². The molecule has 0 saturated carbocycles. The molecule has 0 spiro atoms. The molecular formula is C14H23N3O2. The van der Waals surface area contributed by atoms with Crippen LogP contribution in [0.3, 0.4) is 0 Å². The van der Waals surface area contributed by atoms with Gasteiger partial charge in [-0.2, -0.15) is 0 Å². The van der Waals surface area contributed by atoms with Crippen LogP contribution in [0.15, 0.2) is 12.3 Å². The molecule has 0 bridgehead atoms. The van der Waals surface area contributed by atoms with E-state index in [-0.39, 0.29) is 5.54 Å². The number of pyridine rings is 1. The topological polar surface area (TPSA) is 60.6 Å². The number of likely N-dealkylation sites (tertiary alicyclic amines) is 1. The predicted octanol–water partition coefficient (Wildman–Crippen LogP) is 1.41. The number of rotatable bonds is 6. The second kappa shape index (κ2) is 5.75. The Kier molecular flexibility index (Phi) is 4.27. The SMILES string of the molecule is CCCC1(N)CN(Cc2nccc(OC)c2OC)C1. The normalized spacial score (nSPS) is 17.9. The van der Waals surface area contributed by atoms with E-state index in [0.717, 1.165) is 49.7 Å². The summed E-state index contributed by atoms with van der Waals surface area (Å²) in [6.07, 6.45) is 3.95. The molecule has 0 atom stereocenters. The second-order valence-corrected chi connectivity index (χ2v) is 5.25. The number of hydrogen-bond acceptors (Lipinski definition) is 5. The van der Waals surface area contributed by atoms with E-state index in [1.54, 1.807) is 20.4 Å². The zero-order chi connectivity index (χ0) is 13.9. The Bertz CT molecular complexity index is 431. The Labute approximate surface area is 114 Å². The minimum Gasteiger partial charge on any atom is -0.493 e. The van der Waals surface area contributed by atoms with Gasteiger partial charge in [-0.05, 0) is 6.42 Å². The summed E-state index contributed by atoms with van der Waals surface area (Å²) >= 11 is 0. The average Bonchev–Trinajstić information content (AvgIpc) is 2.36. The Morgan fingerprint density at radius 1 is 1.37 bits per heavy atom. The van der Waals surface area contributed by atoms with Gasteiger partial charge in [0.15, 0.2) is 11.5 Å². The summed E-state index contributed by atoms with van der Waals surface area (Å²) in [6.45, 7) is 4.76. The molecule has 1 aromatic heterocycles. The first kappa shape index (κ1) is 14.1. The molecular weight excluding hydrogens is 242 g/mol. The molecule has 1 aromatic rings. The number of methoxy groups -OCH3 is 2. The van der Waals surface area contributed by atoms with Crippen molar-refractivity contribution < 1.29 is 9.47 Å². The number of nitrogens with zero attached hydrogens (tertiary/aromatic N) is 2. The average molecular weight is 265 g/mol. The number of aromatic nitrogens is 1. The van der Waals surface area contributed by atoms with Crippen molar-refractivity contribution in [2.24, 2.45) is 5.73 Å². The van der Waals surface area contributed by atoms with Gasteiger partial charge in [0.05, 0.1) is 14.2 Å². The van der Waals surface area contributed by atoms with Crippen LogP contribution in [0, 0.1) is 0 Å². The highest BCUT2D eigenvalue weighted by Crippen LogP contribution is 2.32. The van der Waals surface area contributed by atoms with Crippen molar-refractivity contribution in [3.05, 3.63) is 18.0 Å². The third-order valence-electron chi connectivity index (χ3n) is 3.56. The Morgan fingerprint density at radius 3 is 2.68 bits per heavy atom. The van der Waals surface area contributed by atoms with Gasteiger partial charge in [-0.1, -0.05) is 13.3 Å². The van der Waals surface area contributed by atoms with Crippen molar-refractivity contribution in [2.75, 3.05) is 27.3 Å². The van der Waals surface area contributed by atoms with Crippen LogP contribution >= 0.6 is 0 Å². The number of nitrogens with two attached hydrogens (primary N) is 1. The van der Waals surface area contributed by atoms with Crippen LogP contribution in [0.2, 0.25) is 0 Å². The molecule has 0 unspecified atom stereocenters. The highest BCUT2D eigenvalue weighted by molar-refractivity contribution is 5.42. The standard InChI is InChI=1S/C14H23N3O2/c1-4-6-14(15)9-17(10-14)8-11-13(19-3)12(18-2)5-7-16-11/h5,7H,4,6,8-10,15H2,1-3H3. The molecule has 2 N–H and O–H groups in total. The lowest BCUT2D eigenvalue weighted by atomic mass is 9.86. The summed E-state index contributed by atoms with van der Waals surface area (Å²) in [5.41, 5.74) is 7.16. The lowest BCUT2D eigenvalue weighted by molar-refractivity contribution is 0.0547. The molecule has 19 heavy (non-hydrogen) atoms. The maximum atomic E-state index is 6.27. The summed E-state index contributed by atoms with van der Waals surface area (Å²) < 4.78 is 10.7. The molecule has 5 nitrogen and oxygen atoms in total. The summed E-state index contributed by atoms with van der Waals surface area (Å²) in [6, 6.07) is 1.81. The summed E-state index contributed by atoms with van der Waals surface area (Å²) in [5.74, 6) is 1.44. The van der Waals surface area contributed by atoms with E-state index >= 15 is 0 Å². The molecule has 1 saturated heterocycles. The van der Waals surface area contributed by atoms with E-state index in [1.807, 2.05) is 6.07 Å². The zero-order valence-corrected chi connectivity index (χ0v) is 12.0. The minimum atomic E-state index is -0.0130. The fourth-order valence-electron chi connectivity index (χ4n) is 2.79. The first-order valence-corrected chi connectivity index (χ1v) is 6.69. The van der Waals surface area contributed by atoms with E-state index in [2.05, 4.69) is 16.8 Å². The quantitative estimate of drug-likeness (QED) is 0.842. The summed E-state index contributed by atoms with van der Waals surface area (Å²) in [7, 11) is 3.28. The molecule has 0 radical (unpaired) electrons. The predicted molar refractivity (Wildman–Crippen MR) is 74.4 cm³/mol. The third-order valence-corrected chi connectivity index (χ3v) is 3.56. The largest absolute Gasteiger partial charge is 0.493 e. The number of hydrogen-bond donors (Lipinski definition) is 1. The first-order valence-electron chi connectivity index (χ1n) is 6.69. The van der Waals surface area contributed by atoms with Crippen LogP contribution in [0.4, 0.5) is 0 Å². The second-order valence-electron chi connectivity index (χ2n) is 5.25. The molecule has 1 aliphatic rings. The van der Waals surface area contributed by atoms with Crippen LogP contribution in [-0.2, 0) is 6.54 Å². The van der Waals surface area contributed by atoms with Gasteiger partial charge in [-0.15, -0.1) is 0 Å². The molecule has 1 aliphatic heterocycles. The summed E-state index contributed by atoms with van der Waals surface area (Å²) in [5, 5.41) is 0.